The number of sulfone groups is 1. The van der Waals surface area contributed by atoms with Crippen LogP contribution in [0.25, 0.3) is 0 Å². The average Bonchev–Trinajstić information content (AvgIpc) is 2.24. The van der Waals surface area contributed by atoms with Crippen LogP contribution < -0.4 is 0 Å². The Balaban J connectivity index is 2.46. The molecule has 1 aliphatic heterocycles. The summed E-state index contributed by atoms with van der Waals surface area (Å²) in [4.78, 5) is 0. The maximum absolute atomic E-state index is 11.5. The molecule has 0 amide bonds. The largest absolute Gasteiger partial charge is 0.229 e. The summed E-state index contributed by atoms with van der Waals surface area (Å²) in [6.45, 7) is 0. The van der Waals surface area contributed by atoms with Gasteiger partial charge in [-0.1, -0.05) is 24.3 Å². The lowest BCUT2D eigenvalue weighted by Crippen LogP contribution is -2.12. The van der Waals surface area contributed by atoms with Gasteiger partial charge >= 0.3 is 0 Å². The Morgan fingerprint density at radius 1 is 1.29 bits per heavy atom. The van der Waals surface area contributed by atoms with Gasteiger partial charge in [-0.25, -0.2) is 8.42 Å². The SMILES string of the molecule is O=S1(=O)CCc2ccccc2[C@H](Cl)C1. The van der Waals surface area contributed by atoms with E-state index in [0.29, 0.717) is 6.42 Å². The van der Waals surface area contributed by atoms with Gasteiger partial charge < -0.3 is 0 Å². The van der Waals surface area contributed by atoms with Gasteiger partial charge in [-0.15, -0.1) is 11.6 Å². The fraction of sp³-hybridized carbons (Fsp3) is 0.400. The van der Waals surface area contributed by atoms with Gasteiger partial charge in [0.1, 0.15) is 0 Å². The van der Waals surface area contributed by atoms with E-state index in [0.717, 1.165) is 11.1 Å². The fourth-order valence-corrected chi connectivity index (χ4v) is 3.84. The number of alkyl halides is 1. The molecule has 1 aromatic carbocycles. The zero-order valence-electron chi connectivity index (χ0n) is 7.61. The molecule has 1 heterocycles. The van der Waals surface area contributed by atoms with Crippen LogP contribution in [0, 0.1) is 0 Å². The summed E-state index contributed by atoms with van der Waals surface area (Å²) >= 11 is 6.06. The first kappa shape index (κ1) is 9.99. The lowest BCUT2D eigenvalue weighted by molar-refractivity contribution is 0.595. The second-order valence-electron chi connectivity index (χ2n) is 3.53. The summed E-state index contributed by atoms with van der Waals surface area (Å²) in [5.41, 5.74) is 2.03. The molecular weight excluding hydrogens is 220 g/mol. The quantitative estimate of drug-likeness (QED) is 0.639. The van der Waals surface area contributed by atoms with Crippen LogP contribution in [0.15, 0.2) is 24.3 Å². The van der Waals surface area contributed by atoms with Crippen molar-refractivity contribution in [2.75, 3.05) is 11.5 Å². The molecule has 0 N–H and O–H groups in total. The highest BCUT2D eigenvalue weighted by atomic mass is 35.5. The molecule has 1 aliphatic rings. The molecule has 2 rings (SSSR count). The molecule has 0 spiro atoms. The minimum atomic E-state index is -2.97. The first-order valence-corrected chi connectivity index (χ1v) is 6.76. The topological polar surface area (TPSA) is 34.1 Å². The molecule has 0 aliphatic carbocycles. The molecule has 0 unspecified atom stereocenters. The van der Waals surface area contributed by atoms with Crippen LogP contribution in [-0.4, -0.2) is 19.9 Å². The molecule has 0 bridgehead atoms. The van der Waals surface area contributed by atoms with E-state index >= 15 is 0 Å². The Labute approximate surface area is 88.8 Å². The first-order valence-electron chi connectivity index (χ1n) is 4.51. The average molecular weight is 231 g/mol. The van der Waals surface area contributed by atoms with E-state index in [9.17, 15) is 8.42 Å². The predicted molar refractivity (Wildman–Crippen MR) is 57.4 cm³/mol. The van der Waals surface area contributed by atoms with Crippen molar-refractivity contribution >= 4 is 21.4 Å². The maximum Gasteiger partial charge on any atom is 0.152 e. The Morgan fingerprint density at radius 2 is 2.00 bits per heavy atom. The Bertz CT molecular complexity index is 439. The summed E-state index contributed by atoms with van der Waals surface area (Å²) in [5.74, 6) is 0.277. The highest BCUT2D eigenvalue weighted by Crippen LogP contribution is 2.29. The third-order valence-corrected chi connectivity index (χ3v) is 4.71. The summed E-state index contributed by atoms with van der Waals surface area (Å²) in [5, 5.41) is -0.390. The van der Waals surface area contributed by atoms with Gasteiger partial charge in [0.25, 0.3) is 0 Å². The van der Waals surface area contributed by atoms with E-state index in [1.165, 1.54) is 0 Å². The van der Waals surface area contributed by atoms with E-state index in [4.69, 9.17) is 11.6 Å². The van der Waals surface area contributed by atoms with Gasteiger partial charge in [-0.05, 0) is 17.5 Å². The van der Waals surface area contributed by atoms with Crippen LogP contribution in [0.2, 0.25) is 0 Å². The molecule has 1 atom stereocenters. The Morgan fingerprint density at radius 3 is 2.79 bits per heavy atom. The van der Waals surface area contributed by atoms with Crippen molar-refractivity contribution in [3.05, 3.63) is 35.4 Å². The van der Waals surface area contributed by atoms with Crippen LogP contribution in [0.1, 0.15) is 16.5 Å². The molecule has 14 heavy (non-hydrogen) atoms. The molecule has 2 nitrogen and oxygen atoms in total. The van der Waals surface area contributed by atoms with Gasteiger partial charge in [0.15, 0.2) is 9.84 Å². The highest BCUT2D eigenvalue weighted by Gasteiger charge is 2.24. The van der Waals surface area contributed by atoms with Crippen molar-refractivity contribution in [1.29, 1.82) is 0 Å². The van der Waals surface area contributed by atoms with Crippen LogP contribution in [-0.2, 0) is 16.3 Å². The van der Waals surface area contributed by atoms with Crippen molar-refractivity contribution in [1.82, 2.24) is 0 Å². The van der Waals surface area contributed by atoms with Gasteiger partial charge in [0.2, 0.25) is 0 Å². The normalized spacial score (nSPS) is 25.1. The van der Waals surface area contributed by atoms with Crippen molar-refractivity contribution in [3.8, 4) is 0 Å². The fourth-order valence-electron chi connectivity index (χ4n) is 1.73. The molecule has 0 fully saturated rings. The lowest BCUT2D eigenvalue weighted by Gasteiger charge is -2.08. The lowest BCUT2D eigenvalue weighted by atomic mass is 10.0. The molecule has 76 valence electrons. The van der Waals surface area contributed by atoms with Crippen LogP contribution in [0.5, 0.6) is 0 Å². The molecular formula is C10H11ClO2S. The summed E-state index contributed by atoms with van der Waals surface area (Å²) in [6.07, 6.45) is 0.585. The standard InChI is InChI=1S/C10H11ClO2S/c11-10-7-14(12,13)6-5-8-3-1-2-4-9(8)10/h1-4,10H,5-7H2/t10-/m1/s1. The van der Waals surface area contributed by atoms with Gasteiger partial charge in [0, 0.05) is 0 Å². The Hall–Kier alpha value is -0.540. The minimum absolute atomic E-state index is 0.0611. The number of halogens is 1. The molecule has 0 saturated heterocycles. The third kappa shape index (κ3) is 1.93. The van der Waals surface area contributed by atoms with E-state index < -0.39 is 15.2 Å². The third-order valence-electron chi connectivity index (χ3n) is 2.48. The predicted octanol–water partition coefficient (Wildman–Crippen LogP) is 1.94. The second-order valence-corrected chi connectivity index (χ2v) is 6.29. The van der Waals surface area contributed by atoms with Crippen molar-refractivity contribution in [2.45, 2.75) is 11.8 Å². The maximum atomic E-state index is 11.5. The molecule has 0 radical (unpaired) electrons. The van der Waals surface area contributed by atoms with Crippen LogP contribution >= 0.6 is 11.6 Å². The zero-order chi connectivity index (χ0) is 10.2. The minimum Gasteiger partial charge on any atom is -0.229 e. The van der Waals surface area contributed by atoms with Gasteiger partial charge in [-0.2, -0.15) is 0 Å². The van der Waals surface area contributed by atoms with E-state index in [2.05, 4.69) is 0 Å². The number of fused-ring (bicyclic) bond motifs is 1. The number of benzene rings is 1. The van der Waals surface area contributed by atoms with Crippen LogP contribution in [0.4, 0.5) is 0 Å². The summed E-state index contributed by atoms with van der Waals surface area (Å²) < 4.78 is 22.9. The van der Waals surface area contributed by atoms with Gasteiger partial charge in [-0.3, -0.25) is 0 Å². The van der Waals surface area contributed by atoms with Crippen LogP contribution in [0.3, 0.4) is 0 Å². The number of rotatable bonds is 0. The van der Waals surface area contributed by atoms with E-state index in [1.807, 2.05) is 24.3 Å². The highest BCUT2D eigenvalue weighted by molar-refractivity contribution is 7.91. The summed E-state index contributed by atoms with van der Waals surface area (Å²) in [7, 11) is -2.97. The number of hydrogen-bond acceptors (Lipinski definition) is 2. The van der Waals surface area contributed by atoms with Crippen molar-refractivity contribution < 1.29 is 8.42 Å². The monoisotopic (exact) mass is 230 g/mol. The molecule has 4 heteroatoms. The molecule has 1 aromatic rings. The van der Waals surface area contributed by atoms with Gasteiger partial charge in [0.05, 0.1) is 16.9 Å². The Kier molecular flexibility index (Phi) is 2.54. The first-order chi connectivity index (χ1) is 6.58. The number of aryl methyl sites for hydroxylation is 1. The van der Waals surface area contributed by atoms with Crippen molar-refractivity contribution in [2.24, 2.45) is 0 Å². The van der Waals surface area contributed by atoms with E-state index in [1.54, 1.807) is 0 Å². The number of hydrogen-bond donors (Lipinski definition) is 0. The second kappa shape index (κ2) is 3.55. The smallest absolute Gasteiger partial charge is 0.152 e. The molecule has 0 saturated carbocycles. The van der Waals surface area contributed by atoms with Crippen molar-refractivity contribution in [3.63, 3.8) is 0 Å². The zero-order valence-corrected chi connectivity index (χ0v) is 9.18. The van der Waals surface area contributed by atoms with E-state index in [-0.39, 0.29) is 11.5 Å². The molecule has 0 aromatic heterocycles. The summed E-state index contributed by atoms with van der Waals surface area (Å²) in [6, 6.07) is 7.67.